The monoisotopic (exact) mass is 398 g/mol. The minimum absolute atomic E-state index is 0.146. The number of ether oxygens (including phenoxy) is 1. The van der Waals surface area contributed by atoms with E-state index in [1.165, 1.54) is 0 Å². The lowest BCUT2D eigenvalue weighted by molar-refractivity contribution is -0.0118. The Morgan fingerprint density at radius 3 is 2.48 bits per heavy atom. The number of hydrogen-bond donors (Lipinski definition) is 3. The smallest absolute Gasteiger partial charge is 0.405 e. The molecule has 2 heterocycles. The van der Waals surface area contributed by atoms with E-state index in [4.69, 9.17) is 26.9 Å². The molecule has 1 unspecified atom stereocenters. The van der Waals surface area contributed by atoms with Crippen LogP contribution in [0.3, 0.4) is 0 Å². The van der Waals surface area contributed by atoms with Crippen molar-refractivity contribution in [1.82, 2.24) is 14.5 Å². The van der Waals surface area contributed by atoms with E-state index in [0.717, 1.165) is 22.8 Å². The van der Waals surface area contributed by atoms with Crippen molar-refractivity contribution in [3.8, 4) is 0 Å². The fourth-order valence-electron chi connectivity index (χ4n) is 4.12. The van der Waals surface area contributed by atoms with Gasteiger partial charge >= 0.3 is 6.09 Å². The third kappa shape index (κ3) is 4.12. The zero-order chi connectivity index (χ0) is 21.4. The quantitative estimate of drug-likeness (QED) is 0.583. The molecule has 8 nitrogen and oxygen atoms in total. The van der Waals surface area contributed by atoms with Crippen LogP contribution in [0.2, 0.25) is 0 Å². The highest BCUT2D eigenvalue weighted by Gasteiger charge is 2.40. The number of fused-ring (bicyclic) bond motifs is 3. The van der Waals surface area contributed by atoms with E-state index >= 15 is 0 Å². The van der Waals surface area contributed by atoms with Crippen LogP contribution in [0, 0.1) is 5.41 Å². The molecule has 2 aromatic heterocycles. The summed E-state index contributed by atoms with van der Waals surface area (Å²) in [5, 5.41) is 0.935. The van der Waals surface area contributed by atoms with Gasteiger partial charge in [-0.2, -0.15) is 0 Å². The Morgan fingerprint density at radius 2 is 1.86 bits per heavy atom. The van der Waals surface area contributed by atoms with Gasteiger partial charge in [0.05, 0.1) is 11.0 Å². The van der Waals surface area contributed by atoms with E-state index in [9.17, 15) is 4.79 Å². The van der Waals surface area contributed by atoms with E-state index in [1.807, 2.05) is 31.2 Å². The summed E-state index contributed by atoms with van der Waals surface area (Å²) in [5.41, 5.74) is 18.6. The number of hydrogen-bond acceptors (Lipinski definition) is 6. The van der Waals surface area contributed by atoms with Crippen LogP contribution in [-0.2, 0) is 16.9 Å². The van der Waals surface area contributed by atoms with Crippen LogP contribution in [0.4, 0.5) is 10.6 Å². The first-order chi connectivity index (χ1) is 13.6. The van der Waals surface area contributed by atoms with Crippen molar-refractivity contribution in [1.29, 1.82) is 0 Å². The number of carbonyl (C=O) groups is 1. The highest BCUT2D eigenvalue weighted by Crippen LogP contribution is 2.40. The second-order valence-electron chi connectivity index (χ2n) is 8.83. The summed E-state index contributed by atoms with van der Waals surface area (Å²) in [4.78, 5) is 21.1. The third-order valence-electron chi connectivity index (χ3n) is 4.86. The molecule has 3 aromatic rings. The third-order valence-corrected chi connectivity index (χ3v) is 4.86. The van der Waals surface area contributed by atoms with Crippen LogP contribution in [0.5, 0.6) is 0 Å². The van der Waals surface area contributed by atoms with E-state index in [1.54, 1.807) is 0 Å². The number of nitrogen functional groups attached to an aromatic ring is 1. The molecule has 6 N–H and O–H groups in total. The molecule has 0 fully saturated rings. The van der Waals surface area contributed by atoms with Gasteiger partial charge in [0.1, 0.15) is 5.52 Å². The summed E-state index contributed by atoms with van der Waals surface area (Å²) in [6, 6.07) is 7.78. The highest BCUT2D eigenvalue weighted by molar-refractivity contribution is 6.06. The Morgan fingerprint density at radius 1 is 1.17 bits per heavy atom. The summed E-state index contributed by atoms with van der Waals surface area (Å²) in [7, 11) is 0. The lowest BCUT2D eigenvalue weighted by atomic mass is 9.82. The topological polar surface area (TPSA) is 135 Å². The first-order valence-corrected chi connectivity index (χ1v) is 9.79. The molecule has 0 aliphatic heterocycles. The Hall–Kier alpha value is -2.87. The minimum atomic E-state index is -1.04. The van der Waals surface area contributed by atoms with Gasteiger partial charge < -0.3 is 26.5 Å². The molecule has 0 saturated carbocycles. The standard InChI is InChI=1S/C21H30N6O2/c1-20(2,3)12-21(4,29-19(24)28)18-26-15-16(27(18)11-7-10-22)13-8-5-6-9-14(13)25-17(15)23/h5-6,8-9H,7,10-12,22H2,1-4H3,(H2,23,25)(H2,24,28). The second-order valence-corrected chi connectivity index (χ2v) is 8.83. The van der Waals surface area contributed by atoms with Crippen LogP contribution >= 0.6 is 0 Å². The van der Waals surface area contributed by atoms with Crippen molar-refractivity contribution < 1.29 is 9.53 Å². The van der Waals surface area contributed by atoms with Crippen LogP contribution < -0.4 is 17.2 Å². The Labute approximate surface area is 170 Å². The van der Waals surface area contributed by atoms with Crippen molar-refractivity contribution in [2.75, 3.05) is 12.3 Å². The maximum absolute atomic E-state index is 11.8. The number of anilines is 1. The molecule has 3 rings (SSSR count). The number of amides is 1. The molecule has 156 valence electrons. The molecule has 1 amide bonds. The molecule has 0 spiro atoms. The number of carbonyl (C=O) groups excluding carboxylic acids is 1. The number of primary amides is 1. The molecule has 0 bridgehead atoms. The predicted octanol–water partition coefficient (Wildman–Crippen LogP) is 3.26. The molecule has 0 saturated heterocycles. The minimum Gasteiger partial charge on any atom is -0.435 e. The van der Waals surface area contributed by atoms with Crippen molar-refractivity contribution in [2.24, 2.45) is 16.9 Å². The van der Waals surface area contributed by atoms with Crippen molar-refractivity contribution in [3.05, 3.63) is 30.1 Å². The first kappa shape index (κ1) is 20.9. The first-order valence-electron chi connectivity index (χ1n) is 9.79. The van der Waals surface area contributed by atoms with Crippen molar-refractivity contribution >= 4 is 33.8 Å². The molecular formula is C21H30N6O2. The van der Waals surface area contributed by atoms with Gasteiger partial charge in [0.25, 0.3) is 0 Å². The van der Waals surface area contributed by atoms with Crippen LogP contribution in [0.25, 0.3) is 21.9 Å². The molecule has 8 heteroatoms. The molecule has 1 atom stereocenters. The molecular weight excluding hydrogens is 368 g/mol. The van der Waals surface area contributed by atoms with Crippen molar-refractivity contribution in [3.63, 3.8) is 0 Å². The Balaban J connectivity index is 2.37. The van der Waals surface area contributed by atoms with Gasteiger partial charge in [-0.3, -0.25) is 0 Å². The Kier molecular flexibility index (Phi) is 5.40. The molecule has 0 aliphatic rings. The lowest BCUT2D eigenvalue weighted by Crippen LogP contribution is -2.38. The predicted molar refractivity (Wildman–Crippen MR) is 115 cm³/mol. The number of rotatable bonds is 6. The van der Waals surface area contributed by atoms with E-state index in [2.05, 4.69) is 30.3 Å². The average molecular weight is 399 g/mol. The number of aromatic nitrogens is 3. The second kappa shape index (κ2) is 7.51. The fourth-order valence-corrected chi connectivity index (χ4v) is 4.12. The van der Waals surface area contributed by atoms with Crippen molar-refractivity contribution in [2.45, 2.75) is 52.7 Å². The number of benzene rings is 1. The largest absolute Gasteiger partial charge is 0.435 e. The number of nitrogens with two attached hydrogens (primary N) is 3. The average Bonchev–Trinajstić information content (AvgIpc) is 2.99. The maximum Gasteiger partial charge on any atom is 0.405 e. The Bertz CT molecular complexity index is 1050. The SMILES string of the molecule is CC(C)(C)CC(C)(OC(N)=O)c1nc2c(N)nc3ccccc3c2n1CCCN. The van der Waals surface area contributed by atoms with Gasteiger partial charge in [0, 0.05) is 11.9 Å². The summed E-state index contributed by atoms with van der Waals surface area (Å²) < 4.78 is 7.72. The van der Waals surface area contributed by atoms with Gasteiger partial charge in [-0.25, -0.2) is 14.8 Å². The summed E-state index contributed by atoms with van der Waals surface area (Å²) in [6.07, 6.45) is 0.419. The number of pyridine rings is 1. The molecule has 0 radical (unpaired) electrons. The van der Waals surface area contributed by atoms with Crippen LogP contribution in [0.1, 0.15) is 46.4 Å². The molecule has 29 heavy (non-hydrogen) atoms. The number of nitrogens with zero attached hydrogens (tertiary/aromatic N) is 3. The van der Waals surface area contributed by atoms with E-state index in [-0.39, 0.29) is 5.41 Å². The van der Waals surface area contributed by atoms with Gasteiger partial charge in [0.2, 0.25) is 0 Å². The summed E-state index contributed by atoms with van der Waals surface area (Å²) >= 11 is 0. The zero-order valence-corrected chi connectivity index (χ0v) is 17.5. The van der Waals surface area contributed by atoms with Gasteiger partial charge in [0.15, 0.2) is 17.2 Å². The lowest BCUT2D eigenvalue weighted by Gasteiger charge is -2.34. The van der Waals surface area contributed by atoms with Crippen LogP contribution in [-0.4, -0.2) is 27.2 Å². The van der Waals surface area contributed by atoms with E-state index in [0.29, 0.717) is 36.7 Å². The summed E-state index contributed by atoms with van der Waals surface area (Å²) in [6.45, 7) is 9.20. The number of aryl methyl sites for hydroxylation is 1. The maximum atomic E-state index is 11.8. The molecule has 1 aromatic carbocycles. The van der Waals surface area contributed by atoms with Gasteiger partial charge in [-0.1, -0.05) is 39.0 Å². The van der Waals surface area contributed by atoms with Crippen LogP contribution in [0.15, 0.2) is 24.3 Å². The van der Waals surface area contributed by atoms with Gasteiger partial charge in [-0.05, 0) is 37.8 Å². The highest BCUT2D eigenvalue weighted by atomic mass is 16.6. The summed E-state index contributed by atoms with van der Waals surface area (Å²) in [5.74, 6) is 0.933. The van der Waals surface area contributed by atoms with E-state index < -0.39 is 11.7 Å². The number of para-hydroxylation sites is 1. The van der Waals surface area contributed by atoms with Gasteiger partial charge in [-0.15, -0.1) is 0 Å². The fraction of sp³-hybridized carbons (Fsp3) is 0.476. The molecule has 0 aliphatic carbocycles. The zero-order valence-electron chi connectivity index (χ0n) is 17.5. The normalized spacial score (nSPS) is 14.2. The number of imidazole rings is 1.